The van der Waals surface area contributed by atoms with Crippen molar-refractivity contribution in [3.63, 3.8) is 0 Å². The lowest BCUT2D eigenvalue weighted by Crippen LogP contribution is -2.45. The highest BCUT2D eigenvalue weighted by Gasteiger charge is 2.20. The van der Waals surface area contributed by atoms with Gasteiger partial charge in [0.05, 0.1) is 0 Å². The van der Waals surface area contributed by atoms with Crippen molar-refractivity contribution in [3.05, 3.63) is 70.3 Å². The van der Waals surface area contributed by atoms with Gasteiger partial charge >= 0.3 is 0 Å². The van der Waals surface area contributed by atoms with E-state index in [0.29, 0.717) is 6.07 Å². The Morgan fingerprint density at radius 1 is 1.04 bits per heavy atom. The zero-order chi connectivity index (χ0) is 17.9. The average Bonchev–Trinajstić information content (AvgIpc) is 2.49. The fourth-order valence-corrected chi connectivity index (χ4v) is 2.32. The fraction of sp³-hybridized carbons (Fsp3) is 0.222. The first-order valence-corrected chi connectivity index (χ1v) is 7.38. The van der Waals surface area contributed by atoms with Gasteiger partial charge in [0.1, 0.15) is 17.7 Å². The predicted octanol–water partition coefficient (Wildman–Crippen LogP) is 2.41. The molecule has 0 saturated carbocycles. The monoisotopic (exact) mass is 332 g/mol. The van der Waals surface area contributed by atoms with E-state index in [0.717, 1.165) is 28.8 Å². The largest absolute Gasteiger partial charge is 0.368 e. The Bertz CT molecular complexity index is 770. The number of hydrogen-bond donors (Lipinski definition) is 2. The van der Waals surface area contributed by atoms with Crippen LogP contribution in [0.25, 0.3) is 0 Å². The van der Waals surface area contributed by atoms with Crippen LogP contribution in [0.2, 0.25) is 0 Å². The van der Waals surface area contributed by atoms with Crippen molar-refractivity contribution in [3.8, 4) is 0 Å². The van der Waals surface area contributed by atoms with Crippen LogP contribution in [0.15, 0.2) is 36.4 Å². The fourth-order valence-electron chi connectivity index (χ4n) is 2.32. The Hall–Kier alpha value is -2.76. The first-order valence-electron chi connectivity index (χ1n) is 7.38. The summed E-state index contributed by atoms with van der Waals surface area (Å²) in [6, 6.07) is 7.13. The summed E-state index contributed by atoms with van der Waals surface area (Å²) in [6.07, 6.45) is 0.194. The molecule has 126 valence electrons. The number of amides is 2. The number of nitrogens with one attached hydrogen (secondary N) is 1. The Morgan fingerprint density at radius 3 is 2.21 bits per heavy atom. The summed E-state index contributed by atoms with van der Waals surface area (Å²) in [6.45, 7) is 3.90. The van der Waals surface area contributed by atoms with Gasteiger partial charge in [-0.2, -0.15) is 0 Å². The molecule has 0 aliphatic carbocycles. The molecule has 2 aromatic rings. The van der Waals surface area contributed by atoms with Crippen LogP contribution in [-0.4, -0.2) is 17.9 Å². The number of nitrogens with two attached hydrogens (primary N) is 1. The maximum atomic E-state index is 13.2. The van der Waals surface area contributed by atoms with Crippen molar-refractivity contribution >= 4 is 11.8 Å². The minimum Gasteiger partial charge on any atom is -0.368 e. The van der Waals surface area contributed by atoms with E-state index in [9.17, 15) is 18.4 Å². The molecule has 3 N–H and O–H groups in total. The molecule has 24 heavy (non-hydrogen) atoms. The smallest absolute Gasteiger partial charge is 0.252 e. The number of carbonyl (C=O) groups excluding carboxylic acids is 2. The molecular weight excluding hydrogens is 314 g/mol. The lowest BCUT2D eigenvalue weighted by Gasteiger charge is -2.16. The second-order valence-electron chi connectivity index (χ2n) is 5.71. The number of aryl methyl sites for hydroxylation is 2. The van der Waals surface area contributed by atoms with E-state index in [1.807, 2.05) is 32.0 Å². The van der Waals surface area contributed by atoms with E-state index in [4.69, 9.17) is 5.73 Å². The van der Waals surface area contributed by atoms with Crippen LogP contribution >= 0.6 is 0 Å². The van der Waals surface area contributed by atoms with Crippen molar-refractivity contribution in [2.75, 3.05) is 0 Å². The number of carbonyl (C=O) groups is 2. The predicted molar refractivity (Wildman–Crippen MR) is 86.4 cm³/mol. The summed E-state index contributed by atoms with van der Waals surface area (Å²) in [5.41, 5.74) is 8.11. The van der Waals surface area contributed by atoms with Crippen LogP contribution in [0.3, 0.4) is 0 Å². The summed E-state index contributed by atoms with van der Waals surface area (Å²) >= 11 is 0. The maximum absolute atomic E-state index is 13.2. The SMILES string of the molecule is Cc1ccc(C[C@@H](NC(=O)c2cc(F)cc(F)c2)C(N)=O)cc1C. The summed E-state index contributed by atoms with van der Waals surface area (Å²) in [5.74, 6) is -3.23. The van der Waals surface area contributed by atoms with Crippen molar-refractivity contribution in [1.82, 2.24) is 5.32 Å². The molecule has 2 rings (SSSR count). The first-order chi connectivity index (χ1) is 11.3. The van der Waals surface area contributed by atoms with Gasteiger partial charge in [-0.05, 0) is 42.7 Å². The van der Waals surface area contributed by atoms with Gasteiger partial charge in [0.25, 0.3) is 5.91 Å². The molecule has 0 aliphatic heterocycles. The minimum atomic E-state index is -0.981. The van der Waals surface area contributed by atoms with Gasteiger partial charge in [0.15, 0.2) is 0 Å². The second-order valence-corrected chi connectivity index (χ2v) is 5.71. The molecule has 2 amide bonds. The van der Waals surface area contributed by atoms with Gasteiger partial charge in [-0.1, -0.05) is 18.2 Å². The molecular formula is C18H18F2N2O2. The highest BCUT2D eigenvalue weighted by molar-refractivity contribution is 5.97. The lowest BCUT2D eigenvalue weighted by molar-refractivity contribution is -0.119. The van der Waals surface area contributed by atoms with Gasteiger partial charge < -0.3 is 11.1 Å². The average molecular weight is 332 g/mol. The zero-order valence-corrected chi connectivity index (χ0v) is 13.4. The molecule has 0 radical (unpaired) electrons. The second kappa shape index (κ2) is 7.21. The Balaban J connectivity index is 2.17. The van der Waals surface area contributed by atoms with Crippen molar-refractivity contribution < 1.29 is 18.4 Å². The number of halogens is 2. The van der Waals surface area contributed by atoms with E-state index in [1.165, 1.54) is 0 Å². The van der Waals surface area contributed by atoms with Crippen molar-refractivity contribution in [1.29, 1.82) is 0 Å². The van der Waals surface area contributed by atoms with Crippen LogP contribution in [0.5, 0.6) is 0 Å². The standard InChI is InChI=1S/C18H18F2N2O2/c1-10-3-4-12(5-11(10)2)6-16(17(21)23)22-18(24)13-7-14(19)9-15(20)8-13/h3-5,7-9,16H,6H2,1-2H3,(H2,21,23)(H,22,24)/t16-/m1/s1. The molecule has 0 spiro atoms. The Labute approximate surface area is 138 Å². The molecule has 2 aromatic carbocycles. The Kier molecular flexibility index (Phi) is 5.28. The molecule has 0 unspecified atom stereocenters. The molecule has 0 aromatic heterocycles. The molecule has 0 fully saturated rings. The topological polar surface area (TPSA) is 72.2 Å². The van der Waals surface area contributed by atoms with Crippen LogP contribution in [0, 0.1) is 25.5 Å². The van der Waals surface area contributed by atoms with Gasteiger partial charge in [-0.25, -0.2) is 8.78 Å². The highest BCUT2D eigenvalue weighted by atomic mass is 19.1. The first kappa shape index (κ1) is 17.6. The quantitative estimate of drug-likeness (QED) is 0.882. The third kappa shape index (κ3) is 4.38. The molecule has 1 atom stereocenters. The van der Waals surface area contributed by atoms with E-state index < -0.39 is 29.5 Å². The summed E-state index contributed by atoms with van der Waals surface area (Å²) < 4.78 is 26.4. The Morgan fingerprint density at radius 2 is 1.67 bits per heavy atom. The van der Waals surface area contributed by atoms with Gasteiger partial charge in [0, 0.05) is 18.1 Å². The number of benzene rings is 2. The van der Waals surface area contributed by atoms with Crippen LogP contribution in [-0.2, 0) is 11.2 Å². The van der Waals surface area contributed by atoms with Crippen molar-refractivity contribution in [2.45, 2.75) is 26.3 Å². The van der Waals surface area contributed by atoms with E-state index >= 15 is 0 Å². The van der Waals surface area contributed by atoms with Gasteiger partial charge in [-0.15, -0.1) is 0 Å². The van der Waals surface area contributed by atoms with Crippen LogP contribution in [0.4, 0.5) is 8.78 Å². The summed E-state index contributed by atoms with van der Waals surface area (Å²) in [4.78, 5) is 23.7. The van der Waals surface area contributed by atoms with Gasteiger partial charge in [-0.3, -0.25) is 9.59 Å². The molecule has 6 heteroatoms. The maximum Gasteiger partial charge on any atom is 0.252 e. The number of rotatable bonds is 5. The third-order valence-electron chi connectivity index (χ3n) is 3.78. The number of primary amides is 1. The molecule has 0 saturated heterocycles. The molecule has 0 heterocycles. The normalized spacial score (nSPS) is 11.8. The summed E-state index contributed by atoms with van der Waals surface area (Å²) in [5, 5.41) is 2.42. The molecule has 4 nitrogen and oxygen atoms in total. The third-order valence-corrected chi connectivity index (χ3v) is 3.78. The molecule has 0 bridgehead atoms. The van der Waals surface area contributed by atoms with E-state index in [2.05, 4.69) is 5.32 Å². The van der Waals surface area contributed by atoms with Crippen LogP contribution in [0.1, 0.15) is 27.0 Å². The molecule has 0 aliphatic rings. The highest BCUT2D eigenvalue weighted by Crippen LogP contribution is 2.13. The summed E-state index contributed by atoms with van der Waals surface area (Å²) in [7, 11) is 0. The number of hydrogen-bond acceptors (Lipinski definition) is 2. The lowest BCUT2D eigenvalue weighted by atomic mass is 10.0. The minimum absolute atomic E-state index is 0.194. The van der Waals surface area contributed by atoms with Crippen molar-refractivity contribution in [2.24, 2.45) is 5.73 Å². The van der Waals surface area contributed by atoms with Crippen LogP contribution < -0.4 is 11.1 Å². The zero-order valence-electron chi connectivity index (χ0n) is 13.4. The van der Waals surface area contributed by atoms with E-state index in [-0.39, 0.29) is 12.0 Å². The van der Waals surface area contributed by atoms with Gasteiger partial charge in [0.2, 0.25) is 5.91 Å². The van der Waals surface area contributed by atoms with E-state index in [1.54, 1.807) is 0 Å².